The van der Waals surface area contributed by atoms with Crippen molar-refractivity contribution in [1.82, 2.24) is 10.2 Å². The Morgan fingerprint density at radius 1 is 1.43 bits per heavy atom. The minimum absolute atomic E-state index is 0.104. The summed E-state index contributed by atoms with van der Waals surface area (Å²) in [6, 6.07) is 7.39. The number of nitrogens with zero attached hydrogens (tertiary/aromatic N) is 3. The van der Waals surface area contributed by atoms with Crippen LogP contribution in [0.4, 0.5) is 11.4 Å². The van der Waals surface area contributed by atoms with Crippen molar-refractivity contribution in [3.8, 4) is 0 Å². The molecule has 0 atom stereocenters. The Bertz CT molecular complexity index is 732. The summed E-state index contributed by atoms with van der Waals surface area (Å²) in [6.07, 6.45) is 1.47. The van der Waals surface area contributed by atoms with Gasteiger partial charge in [0.15, 0.2) is 4.34 Å². The lowest BCUT2D eigenvalue weighted by molar-refractivity contribution is -0.117. The quantitative estimate of drug-likeness (QED) is 0.841. The van der Waals surface area contributed by atoms with E-state index in [1.165, 1.54) is 23.1 Å². The lowest BCUT2D eigenvalue weighted by Crippen LogP contribution is -2.23. The summed E-state index contributed by atoms with van der Waals surface area (Å²) in [7, 11) is 0. The summed E-state index contributed by atoms with van der Waals surface area (Å²) in [6.45, 7) is 2.62. The third-order valence-corrected chi connectivity index (χ3v) is 5.32. The first-order valence-electron chi connectivity index (χ1n) is 7.25. The van der Waals surface area contributed by atoms with Gasteiger partial charge in [-0.25, -0.2) is 0 Å². The van der Waals surface area contributed by atoms with Crippen molar-refractivity contribution >= 4 is 46.3 Å². The zero-order chi connectivity index (χ0) is 16.2. The van der Waals surface area contributed by atoms with Crippen molar-refractivity contribution in [2.45, 2.75) is 24.1 Å². The molecule has 8 heteroatoms. The number of thioether (sulfide) groups is 1. The van der Waals surface area contributed by atoms with Gasteiger partial charge in [0.05, 0.1) is 5.75 Å². The fourth-order valence-electron chi connectivity index (χ4n) is 2.33. The Hall–Kier alpha value is -1.93. The monoisotopic (exact) mass is 348 g/mol. The Morgan fingerprint density at radius 2 is 2.30 bits per heavy atom. The van der Waals surface area contributed by atoms with Crippen molar-refractivity contribution in [2.24, 2.45) is 0 Å². The van der Waals surface area contributed by atoms with Crippen molar-refractivity contribution in [3.63, 3.8) is 0 Å². The number of hydrogen-bond acceptors (Lipinski definition) is 6. The highest BCUT2D eigenvalue weighted by molar-refractivity contribution is 8.01. The smallest absolute Gasteiger partial charge is 0.234 e. The molecule has 2 heterocycles. The van der Waals surface area contributed by atoms with Gasteiger partial charge in [-0.15, -0.1) is 10.2 Å². The minimum Gasteiger partial charge on any atom is -0.325 e. The molecule has 0 bridgehead atoms. The fourth-order valence-corrected chi connectivity index (χ4v) is 3.95. The van der Waals surface area contributed by atoms with E-state index in [0.717, 1.165) is 28.0 Å². The van der Waals surface area contributed by atoms with Gasteiger partial charge in [-0.3, -0.25) is 9.59 Å². The molecule has 0 saturated carbocycles. The van der Waals surface area contributed by atoms with Gasteiger partial charge < -0.3 is 10.2 Å². The van der Waals surface area contributed by atoms with E-state index in [-0.39, 0.29) is 17.6 Å². The summed E-state index contributed by atoms with van der Waals surface area (Å²) in [5.74, 6) is 0.310. The third-order valence-electron chi connectivity index (χ3n) is 3.35. The number of benzene rings is 1. The molecule has 120 valence electrons. The predicted octanol–water partition coefficient (Wildman–Crippen LogP) is 2.70. The van der Waals surface area contributed by atoms with Gasteiger partial charge in [0.2, 0.25) is 11.8 Å². The molecule has 0 radical (unpaired) electrons. The normalized spacial score (nSPS) is 14.3. The van der Waals surface area contributed by atoms with Crippen LogP contribution in [0.1, 0.15) is 17.8 Å². The van der Waals surface area contributed by atoms with E-state index >= 15 is 0 Å². The van der Waals surface area contributed by atoms with Crippen LogP contribution in [0.2, 0.25) is 0 Å². The van der Waals surface area contributed by atoms with E-state index in [1.807, 2.05) is 31.2 Å². The molecule has 1 aromatic carbocycles. The molecule has 1 fully saturated rings. The highest BCUT2D eigenvalue weighted by Gasteiger charge is 2.21. The summed E-state index contributed by atoms with van der Waals surface area (Å²) in [4.78, 5) is 25.6. The van der Waals surface area contributed by atoms with Gasteiger partial charge in [-0.1, -0.05) is 29.2 Å². The third kappa shape index (κ3) is 4.08. The number of carbonyl (C=O) groups excluding carboxylic acids is 2. The lowest BCUT2D eigenvalue weighted by atomic mass is 10.2. The van der Waals surface area contributed by atoms with Crippen molar-refractivity contribution in [1.29, 1.82) is 0 Å². The van der Waals surface area contributed by atoms with Gasteiger partial charge in [0, 0.05) is 24.3 Å². The second-order valence-electron chi connectivity index (χ2n) is 5.12. The summed E-state index contributed by atoms with van der Waals surface area (Å²) in [5.41, 5.74) is 1.53. The van der Waals surface area contributed by atoms with Crippen LogP contribution < -0.4 is 10.2 Å². The number of aryl methyl sites for hydroxylation is 1. The van der Waals surface area contributed by atoms with Gasteiger partial charge >= 0.3 is 0 Å². The fraction of sp³-hybridized carbons (Fsp3) is 0.333. The summed E-state index contributed by atoms with van der Waals surface area (Å²) < 4.78 is 0.786. The average molecular weight is 348 g/mol. The summed E-state index contributed by atoms with van der Waals surface area (Å²) in [5, 5.41) is 11.6. The number of anilines is 2. The first kappa shape index (κ1) is 15.9. The number of aromatic nitrogens is 2. The SMILES string of the molecule is Cc1nnc(SCC(=O)Nc2cccc(N3CCCC3=O)c2)s1. The van der Waals surface area contributed by atoms with Gasteiger partial charge in [-0.05, 0) is 31.5 Å². The molecule has 3 rings (SSSR count). The van der Waals surface area contributed by atoms with E-state index in [2.05, 4.69) is 15.5 Å². The summed E-state index contributed by atoms with van der Waals surface area (Å²) >= 11 is 2.84. The van der Waals surface area contributed by atoms with E-state index < -0.39 is 0 Å². The number of amides is 2. The largest absolute Gasteiger partial charge is 0.325 e. The molecule has 0 spiro atoms. The van der Waals surface area contributed by atoms with E-state index in [4.69, 9.17) is 0 Å². The molecule has 1 N–H and O–H groups in total. The van der Waals surface area contributed by atoms with E-state index in [1.54, 1.807) is 4.90 Å². The van der Waals surface area contributed by atoms with Crippen LogP contribution in [0.5, 0.6) is 0 Å². The molecule has 2 amide bonds. The average Bonchev–Trinajstić information content (AvgIpc) is 3.14. The number of nitrogens with one attached hydrogen (secondary N) is 1. The Morgan fingerprint density at radius 3 is 3.00 bits per heavy atom. The minimum atomic E-state index is -0.104. The van der Waals surface area contributed by atoms with Crippen LogP contribution >= 0.6 is 23.1 Å². The molecular formula is C15H16N4O2S2. The highest BCUT2D eigenvalue weighted by atomic mass is 32.2. The van der Waals surface area contributed by atoms with Crippen LogP contribution in [0.3, 0.4) is 0 Å². The molecule has 6 nitrogen and oxygen atoms in total. The van der Waals surface area contributed by atoms with Gasteiger partial charge in [0.1, 0.15) is 5.01 Å². The predicted molar refractivity (Wildman–Crippen MR) is 92.0 cm³/mol. The van der Waals surface area contributed by atoms with Gasteiger partial charge in [0.25, 0.3) is 0 Å². The lowest BCUT2D eigenvalue weighted by Gasteiger charge is -2.16. The first-order chi connectivity index (χ1) is 11.1. The van der Waals surface area contributed by atoms with Crippen molar-refractivity contribution in [2.75, 3.05) is 22.5 Å². The molecule has 1 aromatic heterocycles. The van der Waals surface area contributed by atoms with Crippen molar-refractivity contribution < 1.29 is 9.59 Å². The second-order valence-corrected chi connectivity index (χ2v) is 7.53. The maximum Gasteiger partial charge on any atom is 0.234 e. The van der Waals surface area contributed by atoms with Crippen LogP contribution in [-0.4, -0.2) is 34.3 Å². The second kappa shape index (κ2) is 7.10. The Kier molecular flexibility index (Phi) is 4.92. The van der Waals surface area contributed by atoms with Crippen LogP contribution in [0, 0.1) is 6.92 Å². The zero-order valence-corrected chi connectivity index (χ0v) is 14.2. The standard InChI is InChI=1S/C15H16N4O2S2/c1-10-17-18-15(23-10)22-9-13(20)16-11-4-2-5-12(8-11)19-7-3-6-14(19)21/h2,4-5,8H,3,6-7,9H2,1H3,(H,16,20). The molecular weight excluding hydrogens is 332 g/mol. The molecule has 0 aliphatic carbocycles. The Balaban J connectivity index is 1.59. The van der Waals surface area contributed by atoms with E-state index in [9.17, 15) is 9.59 Å². The first-order valence-corrected chi connectivity index (χ1v) is 9.05. The van der Waals surface area contributed by atoms with Crippen molar-refractivity contribution in [3.05, 3.63) is 29.3 Å². The molecule has 0 unspecified atom stereocenters. The molecule has 23 heavy (non-hydrogen) atoms. The highest BCUT2D eigenvalue weighted by Crippen LogP contribution is 2.25. The molecule has 2 aromatic rings. The molecule has 1 saturated heterocycles. The molecule has 1 aliphatic heterocycles. The van der Waals surface area contributed by atoms with Crippen LogP contribution in [0.25, 0.3) is 0 Å². The van der Waals surface area contributed by atoms with Crippen LogP contribution in [-0.2, 0) is 9.59 Å². The zero-order valence-electron chi connectivity index (χ0n) is 12.6. The maximum atomic E-state index is 12.0. The Labute approximate surface area is 142 Å². The number of carbonyl (C=O) groups is 2. The number of hydrogen-bond donors (Lipinski definition) is 1. The molecule has 1 aliphatic rings. The number of rotatable bonds is 5. The van der Waals surface area contributed by atoms with Crippen LogP contribution in [0.15, 0.2) is 28.6 Å². The van der Waals surface area contributed by atoms with Gasteiger partial charge in [-0.2, -0.15) is 0 Å². The topological polar surface area (TPSA) is 75.2 Å². The van der Waals surface area contributed by atoms with E-state index in [0.29, 0.717) is 12.1 Å². The maximum absolute atomic E-state index is 12.0.